The first kappa shape index (κ1) is 20.4. The number of benzene rings is 2. The van der Waals surface area contributed by atoms with Crippen LogP contribution in [0.2, 0.25) is 0 Å². The van der Waals surface area contributed by atoms with Gasteiger partial charge in [-0.25, -0.2) is 4.98 Å². The number of aromatic nitrogens is 4. The highest BCUT2D eigenvalue weighted by molar-refractivity contribution is 7.99. The molecule has 7 heteroatoms. The minimum Gasteiger partial charge on any atom is -0.305 e. The van der Waals surface area contributed by atoms with Crippen molar-refractivity contribution in [2.24, 2.45) is 13.0 Å². The molecule has 0 bridgehead atoms. The standard InChI is InChI=1S/C25H27N5S2/c1-17-26-21-13-19(9-10-22(21)32-17)25-14-20(25)15-30(16-25)11-6-12-31-24-28-27-23(29(24)2)18-7-4-3-5-8-18/h3-5,7-10,13,20H,6,11-12,14-16H2,1-2H3/t20?,25-/m0/s1. The smallest absolute Gasteiger partial charge is 0.191 e. The molecule has 4 aromatic rings. The summed E-state index contributed by atoms with van der Waals surface area (Å²) in [5.74, 6) is 2.82. The van der Waals surface area contributed by atoms with E-state index < -0.39 is 0 Å². The molecule has 1 aliphatic carbocycles. The van der Waals surface area contributed by atoms with E-state index in [1.807, 2.05) is 30.0 Å². The average molecular weight is 462 g/mol. The SMILES string of the molecule is Cc1nc2cc([C@@]34CC3CN(CCCSc3nnc(-c5ccccc5)n3C)C4)ccc2s1. The van der Waals surface area contributed by atoms with Crippen LogP contribution in [-0.4, -0.2) is 50.0 Å². The fourth-order valence-corrected chi connectivity index (χ4v) is 6.93. The van der Waals surface area contributed by atoms with Gasteiger partial charge >= 0.3 is 0 Å². The van der Waals surface area contributed by atoms with Gasteiger partial charge in [0.15, 0.2) is 11.0 Å². The van der Waals surface area contributed by atoms with Crippen molar-refractivity contribution in [3.8, 4) is 11.4 Å². The first-order valence-electron chi connectivity index (χ1n) is 11.3. The second kappa shape index (κ2) is 7.97. The van der Waals surface area contributed by atoms with Crippen LogP contribution in [0, 0.1) is 12.8 Å². The summed E-state index contributed by atoms with van der Waals surface area (Å²) in [5.41, 5.74) is 4.18. The fourth-order valence-electron chi connectivity index (χ4n) is 5.29. The number of fused-ring (bicyclic) bond motifs is 2. The van der Waals surface area contributed by atoms with Gasteiger partial charge in [-0.1, -0.05) is 48.2 Å². The second-order valence-electron chi connectivity index (χ2n) is 9.14. The van der Waals surface area contributed by atoms with Crippen molar-refractivity contribution in [2.75, 3.05) is 25.4 Å². The zero-order chi connectivity index (χ0) is 21.7. The van der Waals surface area contributed by atoms with Gasteiger partial charge in [-0.3, -0.25) is 0 Å². The Morgan fingerprint density at radius 2 is 2.03 bits per heavy atom. The lowest BCUT2D eigenvalue weighted by atomic mass is 9.95. The quantitative estimate of drug-likeness (QED) is 0.281. The minimum absolute atomic E-state index is 0.382. The van der Waals surface area contributed by atoms with Crippen molar-refractivity contribution in [3.05, 3.63) is 59.1 Å². The third-order valence-corrected chi connectivity index (χ3v) is 9.06. The topological polar surface area (TPSA) is 46.8 Å². The van der Waals surface area contributed by atoms with E-state index >= 15 is 0 Å². The van der Waals surface area contributed by atoms with Gasteiger partial charge in [0.2, 0.25) is 0 Å². The van der Waals surface area contributed by atoms with Gasteiger partial charge < -0.3 is 9.47 Å². The van der Waals surface area contributed by atoms with Crippen LogP contribution in [0.25, 0.3) is 21.6 Å². The number of hydrogen-bond acceptors (Lipinski definition) is 6. The van der Waals surface area contributed by atoms with Crippen molar-refractivity contribution >= 4 is 33.3 Å². The highest BCUT2D eigenvalue weighted by Gasteiger charge is 2.60. The van der Waals surface area contributed by atoms with E-state index in [0.29, 0.717) is 5.41 Å². The molecule has 3 heterocycles. The maximum atomic E-state index is 4.72. The molecule has 1 unspecified atom stereocenters. The summed E-state index contributed by atoms with van der Waals surface area (Å²) in [6, 6.07) is 17.3. The largest absolute Gasteiger partial charge is 0.305 e. The summed E-state index contributed by atoms with van der Waals surface area (Å²) >= 11 is 3.61. The zero-order valence-corrected chi connectivity index (χ0v) is 20.1. The zero-order valence-electron chi connectivity index (χ0n) is 18.5. The Morgan fingerprint density at radius 3 is 2.91 bits per heavy atom. The van der Waals surface area contributed by atoms with Gasteiger partial charge in [0, 0.05) is 36.9 Å². The molecule has 1 aliphatic heterocycles. The maximum absolute atomic E-state index is 4.72. The van der Waals surface area contributed by atoms with E-state index in [1.165, 1.54) is 41.7 Å². The van der Waals surface area contributed by atoms with Gasteiger partial charge in [0.1, 0.15) is 0 Å². The molecule has 2 aromatic carbocycles. The molecule has 5 nitrogen and oxygen atoms in total. The van der Waals surface area contributed by atoms with Crippen LogP contribution in [0.1, 0.15) is 23.4 Å². The van der Waals surface area contributed by atoms with Crippen LogP contribution in [0.5, 0.6) is 0 Å². The minimum atomic E-state index is 0.382. The Kier molecular flexibility index (Phi) is 5.08. The molecule has 0 radical (unpaired) electrons. The summed E-state index contributed by atoms with van der Waals surface area (Å²) < 4.78 is 3.42. The van der Waals surface area contributed by atoms with Crippen LogP contribution < -0.4 is 0 Å². The number of rotatable bonds is 7. The molecule has 2 aromatic heterocycles. The number of likely N-dealkylation sites (tertiary alicyclic amines) is 1. The lowest BCUT2D eigenvalue weighted by Crippen LogP contribution is -2.27. The molecule has 32 heavy (non-hydrogen) atoms. The van der Waals surface area contributed by atoms with Crippen LogP contribution in [0.4, 0.5) is 0 Å². The lowest BCUT2D eigenvalue weighted by Gasteiger charge is -2.21. The molecule has 1 saturated carbocycles. The Labute approximate surface area is 196 Å². The summed E-state index contributed by atoms with van der Waals surface area (Å²) in [6.45, 7) is 5.69. The van der Waals surface area contributed by atoms with Crippen LogP contribution in [0.3, 0.4) is 0 Å². The Bertz CT molecular complexity index is 1260. The van der Waals surface area contributed by atoms with Crippen molar-refractivity contribution in [1.29, 1.82) is 0 Å². The molecule has 0 spiro atoms. The normalized spacial score (nSPS) is 22.5. The van der Waals surface area contributed by atoms with E-state index in [0.717, 1.165) is 39.8 Å². The summed E-state index contributed by atoms with van der Waals surface area (Å²) in [7, 11) is 2.06. The predicted molar refractivity (Wildman–Crippen MR) is 132 cm³/mol. The predicted octanol–water partition coefficient (Wildman–Crippen LogP) is 5.16. The third-order valence-electron chi connectivity index (χ3n) is 7.00. The molecule has 6 rings (SSSR count). The molecule has 2 fully saturated rings. The van der Waals surface area contributed by atoms with Gasteiger partial charge in [-0.05, 0) is 49.9 Å². The highest BCUT2D eigenvalue weighted by atomic mass is 32.2. The van der Waals surface area contributed by atoms with Crippen molar-refractivity contribution in [3.63, 3.8) is 0 Å². The summed E-state index contributed by atoms with van der Waals surface area (Å²) in [6.07, 6.45) is 2.51. The van der Waals surface area contributed by atoms with Crippen LogP contribution in [-0.2, 0) is 12.5 Å². The van der Waals surface area contributed by atoms with Crippen molar-refractivity contribution in [2.45, 2.75) is 30.3 Å². The molecular weight excluding hydrogens is 434 g/mol. The Morgan fingerprint density at radius 1 is 1.16 bits per heavy atom. The number of piperidine rings is 1. The van der Waals surface area contributed by atoms with Gasteiger partial charge in [-0.2, -0.15) is 0 Å². The molecular formula is C25H27N5S2. The molecule has 164 valence electrons. The third kappa shape index (κ3) is 3.56. The number of aryl methyl sites for hydroxylation is 1. The first-order valence-corrected chi connectivity index (χ1v) is 13.1. The van der Waals surface area contributed by atoms with Crippen LogP contribution >= 0.6 is 23.1 Å². The fraction of sp³-hybridized carbons (Fsp3) is 0.400. The van der Waals surface area contributed by atoms with E-state index in [2.05, 4.69) is 64.0 Å². The highest BCUT2D eigenvalue weighted by Crippen LogP contribution is 2.59. The number of nitrogens with zero attached hydrogens (tertiary/aromatic N) is 5. The van der Waals surface area contributed by atoms with Crippen molar-refractivity contribution < 1.29 is 0 Å². The van der Waals surface area contributed by atoms with Crippen LogP contribution in [0.15, 0.2) is 53.7 Å². The lowest BCUT2D eigenvalue weighted by molar-refractivity contribution is 0.299. The molecule has 2 aliphatic rings. The summed E-state index contributed by atoms with van der Waals surface area (Å²) in [4.78, 5) is 7.38. The summed E-state index contributed by atoms with van der Waals surface area (Å²) in [5, 5.41) is 11.0. The maximum Gasteiger partial charge on any atom is 0.191 e. The van der Waals surface area contributed by atoms with E-state index in [-0.39, 0.29) is 0 Å². The Balaban J connectivity index is 1.04. The number of thiazole rings is 1. The molecule has 1 saturated heterocycles. The first-order chi connectivity index (χ1) is 15.6. The average Bonchev–Trinajstić information content (AvgIpc) is 3.07. The van der Waals surface area contributed by atoms with Gasteiger partial charge in [0.05, 0.1) is 15.2 Å². The molecule has 2 atom stereocenters. The Hall–Kier alpha value is -2.22. The molecule has 0 N–H and O–H groups in total. The van der Waals surface area contributed by atoms with E-state index in [9.17, 15) is 0 Å². The second-order valence-corrected chi connectivity index (χ2v) is 11.4. The van der Waals surface area contributed by atoms with E-state index in [4.69, 9.17) is 4.98 Å². The van der Waals surface area contributed by atoms with E-state index in [1.54, 1.807) is 11.3 Å². The monoisotopic (exact) mass is 461 g/mol. The van der Waals surface area contributed by atoms with Gasteiger partial charge in [-0.15, -0.1) is 21.5 Å². The number of thioether (sulfide) groups is 1. The molecule has 0 amide bonds. The number of hydrogen-bond donors (Lipinski definition) is 0. The van der Waals surface area contributed by atoms with Gasteiger partial charge in [0.25, 0.3) is 0 Å². The van der Waals surface area contributed by atoms with Crippen molar-refractivity contribution in [1.82, 2.24) is 24.6 Å².